The Kier molecular flexibility index (Phi) is 4.71. The van der Waals surface area contributed by atoms with Crippen LogP contribution in [-0.2, 0) is 6.18 Å². The minimum atomic E-state index is -4.60. The summed E-state index contributed by atoms with van der Waals surface area (Å²) in [5.41, 5.74) is -1.55. The van der Waals surface area contributed by atoms with Crippen molar-refractivity contribution in [1.82, 2.24) is 5.32 Å². The Bertz CT molecular complexity index is 463. The van der Waals surface area contributed by atoms with Crippen LogP contribution in [0.4, 0.5) is 24.5 Å². The molecule has 0 aliphatic rings. The molecule has 0 saturated carbocycles. The Labute approximate surface area is 108 Å². The van der Waals surface area contributed by atoms with Gasteiger partial charge in [0, 0.05) is 18.7 Å². The number of benzene rings is 1. The number of hydrogen-bond donors (Lipinski definition) is 2. The van der Waals surface area contributed by atoms with Gasteiger partial charge in [0.25, 0.3) is 5.69 Å². The van der Waals surface area contributed by atoms with E-state index in [0.717, 1.165) is 12.1 Å². The number of nitro groups is 1. The third-order valence-corrected chi connectivity index (χ3v) is 2.61. The quantitative estimate of drug-likeness (QED) is 0.641. The van der Waals surface area contributed by atoms with Crippen molar-refractivity contribution >= 4 is 11.4 Å². The van der Waals surface area contributed by atoms with Crippen LogP contribution in [0.3, 0.4) is 0 Å². The molecule has 0 aliphatic carbocycles. The van der Waals surface area contributed by atoms with Gasteiger partial charge in [-0.25, -0.2) is 0 Å². The summed E-state index contributed by atoms with van der Waals surface area (Å²) in [6.07, 6.45) is -4.60. The number of nitro benzene ring substituents is 1. The predicted octanol–water partition coefficient (Wildman–Crippen LogP) is 2.63. The van der Waals surface area contributed by atoms with Crippen LogP contribution >= 0.6 is 0 Å². The molecule has 106 valence electrons. The molecule has 1 atom stereocenters. The van der Waals surface area contributed by atoms with Crippen molar-refractivity contribution in [3.63, 3.8) is 0 Å². The molecule has 0 aliphatic heterocycles. The number of halogens is 3. The van der Waals surface area contributed by atoms with Crippen molar-refractivity contribution in [2.75, 3.05) is 18.9 Å². The van der Waals surface area contributed by atoms with Crippen LogP contribution in [0.2, 0.25) is 0 Å². The minimum absolute atomic E-state index is 0.0295. The third-order valence-electron chi connectivity index (χ3n) is 2.61. The van der Waals surface area contributed by atoms with Crippen molar-refractivity contribution < 1.29 is 18.1 Å². The monoisotopic (exact) mass is 277 g/mol. The highest BCUT2D eigenvalue weighted by Gasteiger charge is 2.33. The molecule has 1 aromatic rings. The highest BCUT2D eigenvalue weighted by atomic mass is 19.4. The topological polar surface area (TPSA) is 67.2 Å². The van der Waals surface area contributed by atoms with Gasteiger partial charge >= 0.3 is 6.18 Å². The fraction of sp³-hybridized carbons (Fsp3) is 0.455. The maximum atomic E-state index is 12.5. The highest BCUT2D eigenvalue weighted by molar-refractivity contribution is 5.63. The molecule has 19 heavy (non-hydrogen) atoms. The molecule has 1 aromatic carbocycles. The van der Waals surface area contributed by atoms with Gasteiger partial charge in [-0.15, -0.1) is 0 Å². The Morgan fingerprint density at radius 1 is 1.42 bits per heavy atom. The van der Waals surface area contributed by atoms with Crippen LogP contribution in [0.25, 0.3) is 0 Å². The van der Waals surface area contributed by atoms with E-state index < -0.39 is 22.4 Å². The molecular weight excluding hydrogens is 263 g/mol. The second-order valence-electron chi connectivity index (χ2n) is 4.06. The van der Waals surface area contributed by atoms with E-state index >= 15 is 0 Å². The molecule has 0 radical (unpaired) electrons. The summed E-state index contributed by atoms with van der Waals surface area (Å²) >= 11 is 0. The molecule has 5 nitrogen and oxygen atoms in total. The lowest BCUT2D eigenvalue weighted by Gasteiger charge is -2.13. The van der Waals surface area contributed by atoms with E-state index in [9.17, 15) is 23.3 Å². The summed E-state index contributed by atoms with van der Waals surface area (Å²) in [4.78, 5) is 9.97. The maximum absolute atomic E-state index is 12.5. The van der Waals surface area contributed by atoms with Crippen molar-refractivity contribution in [1.29, 1.82) is 0 Å². The van der Waals surface area contributed by atoms with Gasteiger partial charge < -0.3 is 10.6 Å². The Morgan fingerprint density at radius 2 is 2.05 bits per heavy atom. The van der Waals surface area contributed by atoms with E-state index in [1.54, 1.807) is 7.05 Å². The number of nitrogens with one attached hydrogen (secondary N) is 2. The van der Waals surface area contributed by atoms with E-state index in [-0.39, 0.29) is 11.7 Å². The number of nitrogens with zero attached hydrogens (tertiary/aromatic N) is 1. The molecule has 1 rings (SSSR count). The lowest BCUT2D eigenvalue weighted by atomic mass is 10.1. The Morgan fingerprint density at radius 3 is 2.53 bits per heavy atom. The summed E-state index contributed by atoms with van der Waals surface area (Å²) in [6.45, 7) is 2.20. The zero-order chi connectivity index (χ0) is 14.6. The lowest BCUT2D eigenvalue weighted by Crippen LogP contribution is -2.29. The fourth-order valence-electron chi connectivity index (χ4n) is 1.37. The van der Waals surface area contributed by atoms with E-state index in [2.05, 4.69) is 10.6 Å². The molecule has 0 fully saturated rings. The van der Waals surface area contributed by atoms with Crippen molar-refractivity contribution in [3.8, 4) is 0 Å². The normalized spacial score (nSPS) is 13.1. The van der Waals surface area contributed by atoms with Gasteiger partial charge in [-0.2, -0.15) is 13.2 Å². The minimum Gasteiger partial charge on any atom is -0.378 e. The van der Waals surface area contributed by atoms with Gasteiger partial charge in [0.1, 0.15) is 5.69 Å². The Balaban J connectivity index is 3.02. The molecular formula is C11H14F3N3O2. The second-order valence-corrected chi connectivity index (χ2v) is 4.06. The average molecular weight is 277 g/mol. The summed E-state index contributed by atoms with van der Waals surface area (Å²) in [5.74, 6) is 0. The first-order valence-electron chi connectivity index (χ1n) is 5.52. The van der Waals surface area contributed by atoms with Crippen molar-refractivity contribution in [3.05, 3.63) is 33.9 Å². The van der Waals surface area contributed by atoms with Crippen molar-refractivity contribution in [2.45, 2.75) is 19.1 Å². The van der Waals surface area contributed by atoms with E-state index in [1.807, 2.05) is 6.92 Å². The number of hydrogen-bond acceptors (Lipinski definition) is 4. The number of anilines is 1. The molecule has 0 spiro atoms. The maximum Gasteiger partial charge on any atom is 0.416 e. The van der Waals surface area contributed by atoms with Crippen LogP contribution in [0.15, 0.2) is 18.2 Å². The van der Waals surface area contributed by atoms with Gasteiger partial charge in [0.05, 0.1) is 10.5 Å². The smallest absolute Gasteiger partial charge is 0.378 e. The van der Waals surface area contributed by atoms with Crippen LogP contribution in [-0.4, -0.2) is 24.6 Å². The molecule has 0 saturated heterocycles. The lowest BCUT2D eigenvalue weighted by molar-refractivity contribution is -0.384. The molecule has 0 aromatic heterocycles. The van der Waals surface area contributed by atoms with Gasteiger partial charge in [0.15, 0.2) is 0 Å². The van der Waals surface area contributed by atoms with Gasteiger partial charge in [-0.3, -0.25) is 10.1 Å². The Hall–Kier alpha value is -1.83. The predicted molar refractivity (Wildman–Crippen MR) is 65.1 cm³/mol. The number of likely N-dealkylation sites (N-methyl/N-ethyl adjacent to an activating group) is 1. The largest absolute Gasteiger partial charge is 0.416 e. The van der Waals surface area contributed by atoms with E-state index in [1.165, 1.54) is 0 Å². The molecule has 0 heterocycles. The van der Waals surface area contributed by atoms with Gasteiger partial charge in [0.2, 0.25) is 0 Å². The van der Waals surface area contributed by atoms with E-state index in [4.69, 9.17) is 0 Å². The second kappa shape index (κ2) is 5.87. The molecule has 0 bridgehead atoms. The summed E-state index contributed by atoms with van der Waals surface area (Å²) < 4.78 is 37.4. The third kappa shape index (κ3) is 4.09. The van der Waals surface area contributed by atoms with Crippen LogP contribution in [0.5, 0.6) is 0 Å². The highest BCUT2D eigenvalue weighted by Crippen LogP contribution is 2.34. The van der Waals surface area contributed by atoms with Crippen LogP contribution < -0.4 is 10.6 Å². The molecule has 0 amide bonds. The molecule has 2 N–H and O–H groups in total. The number of alkyl halides is 3. The first-order valence-corrected chi connectivity index (χ1v) is 5.52. The standard InChI is InChI=1S/C11H14F3N3O2/c1-7(15-2)6-16-9-4-3-8(11(12,13)14)5-10(9)17(18)19/h3-5,7,15-16H,6H2,1-2H3. The van der Waals surface area contributed by atoms with Gasteiger partial charge in [-0.1, -0.05) is 0 Å². The zero-order valence-corrected chi connectivity index (χ0v) is 10.4. The first kappa shape index (κ1) is 15.2. The SMILES string of the molecule is CNC(C)CNc1ccc(C(F)(F)F)cc1[N+](=O)[O-]. The van der Waals surface area contributed by atoms with Gasteiger partial charge in [-0.05, 0) is 26.1 Å². The van der Waals surface area contributed by atoms with Crippen LogP contribution in [0.1, 0.15) is 12.5 Å². The molecule has 8 heteroatoms. The molecule has 1 unspecified atom stereocenters. The van der Waals surface area contributed by atoms with Crippen LogP contribution in [0, 0.1) is 10.1 Å². The van der Waals surface area contributed by atoms with Crippen molar-refractivity contribution in [2.24, 2.45) is 0 Å². The average Bonchev–Trinajstić information content (AvgIpc) is 2.34. The first-order chi connectivity index (χ1) is 8.75. The summed E-state index contributed by atoms with van der Waals surface area (Å²) in [5, 5.41) is 16.5. The van der Waals surface area contributed by atoms with E-state index in [0.29, 0.717) is 12.6 Å². The summed E-state index contributed by atoms with van der Waals surface area (Å²) in [6, 6.07) is 2.46. The fourth-order valence-corrected chi connectivity index (χ4v) is 1.37. The zero-order valence-electron chi connectivity index (χ0n) is 10.4. The number of rotatable bonds is 5. The summed E-state index contributed by atoms with van der Waals surface area (Å²) in [7, 11) is 1.72.